The first-order valence-corrected chi connectivity index (χ1v) is 11.0. The standard InChI is InChI=1S/C12H10N2S6/c13-3-1-5-15-10-11(16-6-2-4-14)20-12(19-10)9-17-7-8-18-9/h7-8H,1-2,5-6H2. The molecule has 0 spiro atoms. The summed E-state index contributed by atoms with van der Waals surface area (Å²) < 4.78 is 5.27. The van der Waals surface area contributed by atoms with Gasteiger partial charge in [0.1, 0.15) is 0 Å². The van der Waals surface area contributed by atoms with Crippen LogP contribution in [0.4, 0.5) is 0 Å². The van der Waals surface area contributed by atoms with Crippen LogP contribution < -0.4 is 0 Å². The molecule has 2 nitrogen and oxygen atoms in total. The molecule has 0 aromatic rings. The normalized spacial score (nSPS) is 17.7. The van der Waals surface area contributed by atoms with E-state index in [1.54, 1.807) is 47.0 Å². The van der Waals surface area contributed by atoms with E-state index in [9.17, 15) is 0 Å². The molecule has 2 heterocycles. The smallest absolute Gasteiger partial charge is 0.0717 e. The molecule has 8 heteroatoms. The second-order valence-corrected chi connectivity index (χ2v) is 10.5. The van der Waals surface area contributed by atoms with Crippen LogP contribution in [-0.4, -0.2) is 11.5 Å². The summed E-state index contributed by atoms with van der Waals surface area (Å²) in [5, 5.41) is 21.5. The Morgan fingerprint density at radius 3 is 1.80 bits per heavy atom. The van der Waals surface area contributed by atoms with Crippen molar-refractivity contribution in [1.82, 2.24) is 0 Å². The number of rotatable bonds is 6. The molecule has 0 fully saturated rings. The Hall–Kier alpha value is 0.300. The summed E-state index contributed by atoms with van der Waals surface area (Å²) in [6.07, 6.45) is 1.15. The first-order chi connectivity index (χ1) is 9.85. The monoisotopic (exact) mass is 374 g/mol. The summed E-state index contributed by atoms with van der Waals surface area (Å²) in [5.74, 6) is 1.67. The minimum atomic E-state index is 0.576. The molecule has 0 aromatic carbocycles. The molecule has 0 saturated carbocycles. The van der Waals surface area contributed by atoms with Crippen LogP contribution in [0.1, 0.15) is 12.8 Å². The van der Waals surface area contributed by atoms with Crippen LogP contribution in [0.2, 0.25) is 0 Å². The predicted octanol–water partition coefficient (Wildman–Crippen LogP) is 5.96. The average Bonchev–Trinajstić information content (AvgIpc) is 3.09. The van der Waals surface area contributed by atoms with Crippen molar-refractivity contribution in [2.24, 2.45) is 0 Å². The SMILES string of the molecule is N#CCCSC1=C(SCCC#N)SC(=C2SC=CS2)S1. The summed E-state index contributed by atoms with van der Waals surface area (Å²) in [6, 6.07) is 4.37. The van der Waals surface area contributed by atoms with E-state index < -0.39 is 0 Å². The maximum absolute atomic E-state index is 8.65. The Morgan fingerprint density at radius 2 is 1.35 bits per heavy atom. The Morgan fingerprint density at radius 1 is 0.850 bits per heavy atom. The van der Waals surface area contributed by atoms with Crippen molar-refractivity contribution in [2.75, 3.05) is 11.5 Å². The Kier molecular flexibility index (Phi) is 7.79. The fraction of sp³-hybridized carbons (Fsp3) is 0.333. The highest BCUT2D eigenvalue weighted by molar-refractivity contribution is 8.42. The minimum absolute atomic E-state index is 0.576. The third kappa shape index (κ3) is 4.94. The molecule has 2 aliphatic heterocycles. The van der Waals surface area contributed by atoms with Crippen LogP contribution in [0.25, 0.3) is 0 Å². The molecule has 0 aromatic heterocycles. The highest BCUT2D eigenvalue weighted by Crippen LogP contribution is 2.61. The lowest BCUT2D eigenvalue weighted by Crippen LogP contribution is -1.79. The number of nitriles is 2. The van der Waals surface area contributed by atoms with Gasteiger partial charge < -0.3 is 0 Å². The van der Waals surface area contributed by atoms with Crippen molar-refractivity contribution in [3.05, 3.63) is 27.8 Å². The molecule has 0 N–H and O–H groups in total. The number of nitrogens with zero attached hydrogens (tertiary/aromatic N) is 2. The molecule has 0 bridgehead atoms. The molecular formula is C12H10N2S6. The van der Waals surface area contributed by atoms with E-state index in [2.05, 4.69) is 23.0 Å². The van der Waals surface area contributed by atoms with Crippen LogP contribution in [0.5, 0.6) is 0 Å². The zero-order valence-corrected chi connectivity index (χ0v) is 15.2. The third-order valence-corrected chi connectivity index (χ3v) is 10.2. The van der Waals surface area contributed by atoms with E-state index in [1.165, 1.54) is 16.9 Å². The number of hydrogen-bond donors (Lipinski definition) is 0. The first-order valence-electron chi connectivity index (χ1n) is 5.67. The quantitative estimate of drug-likeness (QED) is 0.527. The average molecular weight is 375 g/mol. The molecule has 0 atom stereocenters. The highest BCUT2D eigenvalue weighted by atomic mass is 32.3. The Labute approximate surface area is 144 Å². The van der Waals surface area contributed by atoms with Gasteiger partial charge >= 0.3 is 0 Å². The van der Waals surface area contributed by atoms with Crippen molar-refractivity contribution in [3.63, 3.8) is 0 Å². The zero-order chi connectivity index (χ0) is 14.2. The molecule has 0 radical (unpaired) electrons. The number of thioether (sulfide) groups is 6. The number of hydrogen-bond acceptors (Lipinski definition) is 8. The van der Waals surface area contributed by atoms with Gasteiger partial charge in [0, 0.05) is 24.3 Å². The molecule has 0 saturated heterocycles. The fourth-order valence-electron chi connectivity index (χ4n) is 1.21. The van der Waals surface area contributed by atoms with Gasteiger partial charge in [-0.05, 0) is 10.8 Å². The maximum atomic E-state index is 8.65. The summed E-state index contributed by atoms with van der Waals surface area (Å²) in [4.78, 5) is 0. The third-order valence-electron chi connectivity index (χ3n) is 2.00. The molecule has 104 valence electrons. The van der Waals surface area contributed by atoms with Crippen LogP contribution in [0, 0.1) is 22.7 Å². The van der Waals surface area contributed by atoms with Crippen molar-refractivity contribution in [3.8, 4) is 12.1 Å². The van der Waals surface area contributed by atoms with Crippen molar-refractivity contribution >= 4 is 70.6 Å². The molecule has 20 heavy (non-hydrogen) atoms. The first kappa shape index (κ1) is 16.7. The topological polar surface area (TPSA) is 47.6 Å². The van der Waals surface area contributed by atoms with E-state index in [4.69, 9.17) is 10.5 Å². The lowest BCUT2D eigenvalue weighted by molar-refractivity contribution is 1.24. The summed E-state index contributed by atoms with van der Waals surface area (Å²) in [7, 11) is 0. The molecule has 0 amide bonds. The van der Waals surface area contributed by atoms with Crippen molar-refractivity contribution in [1.29, 1.82) is 10.5 Å². The van der Waals surface area contributed by atoms with Gasteiger partial charge in [0.25, 0.3) is 0 Å². The molecule has 0 unspecified atom stereocenters. The Bertz CT molecular complexity index is 493. The van der Waals surface area contributed by atoms with Crippen molar-refractivity contribution < 1.29 is 0 Å². The van der Waals surface area contributed by atoms with Crippen LogP contribution in [0.15, 0.2) is 27.8 Å². The van der Waals surface area contributed by atoms with Crippen molar-refractivity contribution in [2.45, 2.75) is 12.8 Å². The van der Waals surface area contributed by atoms with E-state index >= 15 is 0 Å². The second kappa shape index (κ2) is 9.34. The minimum Gasteiger partial charge on any atom is -0.198 e. The maximum Gasteiger partial charge on any atom is 0.0717 e. The van der Waals surface area contributed by atoms with E-state index in [1.807, 2.05) is 23.5 Å². The highest BCUT2D eigenvalue weighted by Gasteiger charge is 2.25. The van der Waals surface area contributed by atoms with Gasteiger partial charge in [0.15, 0.2) is 0 Å². The van der Waals surface area contributed by atoms with Gasteiger partial charge in [-0.25, -0.2) is 0 Å². The Balaban J connectivity index is 1.99. The van der Waals surface area contributed by atoms with E-state index in [0.29, 0.717) is 12.8 Å². The molecular weight excluding hydrogens is 365 g/mol. The second-order valence-electron chi connectivity index (χ2n) is 3.37. The van der Waals surface area contributed by atoms with Gasteiger partial charge in [-0.2, -0.15) is 10.5 Å². The van der Waals surface area contributed by atoms with Gasteiger partial charge in [-0.1, -0.05) is 47.0 Å². The van der Waals surface area contributed by atoms with Crippen LogP contribution in [-0.2, 0) is 0 Å². The van der Waals surface area contributed by atoms with E-state index in [-0.39, 0.29) is 0 Å². The van der Waals surface area contributed by atoms with Gasteiger partial charge in [-0.15, -0.1) is 23.5 Å². The summed E-state index contributed by atoms with van der Waals surface area (Å²) in [6.45, 7) is 0. The molecule has 2 aliphatic rings. The predicted molar refractivity (Wildman–Crippen MR) is 98.9 cm³/mol. The largest absolute Gasteiger partial charge is 0.198 e. The lowest BCUT2D eigenvalue weighted by Gasteiger charge is -2.01. The lowest BCUT2D eigenvalue weighted by atomic mass is 10.6. The summed E-state index contributed by atoms with van der Waals surface area (Å²) in [5.41, 5.74) is 0. The summed E-state index contributed by atoms with van der Waals surface area (Å²) >= 11 is 10.7. The van der Waals surface area contributed by atoms with E-state index in [0.717, 1.165) is 11.5 Å². The van der Waals surface area contributed by atoms with Gasteiger partial charge in [0.05, 0.1) is 29.1 Å². The van der Waals surface area contributed by atoms with Gasteiger partial charge in [-0.3, -0.25) is 0 Å². The van der Waals surface area contributed by atoms with Gasteiger partial charge in [0.2, 0.25) is 0 Å². The zero-order valence-electron chi connectivity index (χ0n) is 10.3. The molecule has 2 rings (SSSR count). The van der Waals surface area contributed by atoms with Crippen LogP contribution in [0.3, 0.4) is 0 Å². The van der Waals surface area contributed by atoms with Crippen LogP contribution >= 0.6 is 70.6 Å². The fourth-order valence-corrected chi connectivity index (χ4v) is 9.06. The molecule has 0 aliphatic carbocycles.